The van der Waals surface area contributed by atoms with Gasteiger partial charge in [-0.1, -0.05) is 37.0 Å². The van der Waals surface area contributed by atoms with Crippen LogP contribution in [-0.2, 0) is 0 Å². The number of benzene rings is 1. The van der Waals surface area contributed by atoms with Gasteiger partial charge in [0.15, 0.2) is 0 Å². The number of ether oxygens (including phenoxy) is 1. The summed E-state index contributed by atoms with van der Waals surface area (Å²) in [5.74, 6) is 0.660. The second kappa shape index (κ2) is 5.28. The van der Waals surface area contributed by atoms with Crippen molar-refractivity contribution in [3.8, 4) is 5.75 Å². The molecule has 1 aromatic rings. The Hall–Kier alpha value is -0.440. The van der Waals surface area contributed by atoms with Crippen LogP contribution in [0.4, 0.5) is 0 Å². The largest absolute Gasteiger partial charge is 0.488 e. The third-order valence-corrected chi connectivity index (χ3v) is 4.87. The quantitative estimate of drug-likeness (QED) is 0.897. The normalized spacial score (nSPS) is 25.6. The summed E-state index contributed by atoms with van der Waals surface area (Å²) in [4.78, 5) is 0. The molecule has 0 aliphatic heterocycles. The van der Waals surface area contributed by atoms with E-state index < -0.39 is 0 Å². The molecule has 18 heavy (non-hydrogen) atoms. The first-order valence-corrected chi connectivity index (χ1v) is 7.16. The van der Waals surface area contributed by atoms with Crippen LogP contribution >= 0.6 is 23.2 Å². The van der Waals surface area contributed by atoms with Crippen LogP contribution in [0.15, 0.2) is 18.2 Å². The maximum absolute atomic E-state index is 6.15. The molecule has 1 fully saturated rings. The monoisotopic (exact) mass is 287 g/mol. The molecule has 2 nitrogen and oxygen atoms in total. The average Bonchev–Trinajstić information content (AvgIpc) is 2.35. The first-order valence-electron chi connectivity index (χ1n) is 6.40. The Morgan fingerprint density at radius 2 is 2.00 bits per heavy atom. The van der Waals surface area contributed by atoms with Gasteiger partial charge in [0.1, 0.15) is 11.9 Å². The van der Waals surface area contributed by atoms with Gasteiger partial charge in [0.25, 0.3) is 0 Å². The van der Waals surface area contributed by atoms with E-state index in [9.17, 15) is 0 Å². The van der Waals surface area contributed by atoms with E-state index in [-0.39, 0.29) is 17.6 Å². The van der Waals surface area contributed by atoms with Crippen molar-refractivity contribution in [3.63, 3.8) is 0 Å². The summed E-state index contributed by atoms with van der Waals surface area (Å²) < 4.78 is 6.03. The Kier molecular flexibility index (Phi) is 4.10. The van der Waals surface area contributed by atoms with Gasteiger partial charge in [-0.05, 0) is 25.0 Å². The maximum atomic E-state index is 6.15. The SMILES string of the molecule is CCC1(CC)C(N)CC1Oc1cc(Cl)ccc1Cl. The zero-order valence-corrected chi connectivity index (χ0v) is 12.3. The maximum Gasteiger partial charge on any atom is 0.139 e. The standard InChI is InChI=1S/C14H19Cl2NO/c1-3-14(4-2)12(17)8-13(14)18-11-7-9(15)5-6-10(11)16/h5-7,12-13H,3-4,8,17H2,1-2H3. The zero-order chi connectivity index (χ0) is 13.3. The van der Waals surface area contributed by atoms with Crippen molar-refractivity contribution in [3.05, 3.63) is 28.2 Å². The Morgan fingerprint density at radius 3 is 2.56 bits per heavy atom. The van der Waals surface area contributed by atoms with Crippen molar-refractivity contribution >= 4 is 23.2 Å². The highest BCUT2D eigenvalue weighted by Gasteiger charge is 2.52. The van der Waals surface area contributed by atoms with Crippen LogP contribution in [0.3, 0.4) is 0 Å². The van der Waals surface area contributed by atoms with E-state index in [1.165, 1.54) is 0 Å². The molecule has 0 heterocycles. The summed E-state index contributed by atoms with van der Waals surface area (Å²) in [7, 11) is 0. The number of halogens is 2. The number of hydrogen-bond donors (Lipinski definition) is 1. The lowest BCUT2D eigenvalue weighted by Gasteiger charge is -2.53. The molecule has 100 valence electrons. The number of hydrogen-bond acceptors (Lipinski definition) is 2. The Balaban J connectivity index is 2.17. The Labute approximate surface area is 118 Å². The van der Waals surface area contributed by atoms with Crippen molar-refractivity contribution in [2.75, 3.05) is 0 Å². The average molecular weight is 288 g/mol. The van der Waals surface area contributed by atoms with Gasteiger partial charge in [-0.2, -0.15) is 0 Å². The van der Waals surface area contributed by atoms with Crippen molar-refractivity contribution in [1.82, 2.24) is 0 Å². The van der Waals surface area contributed by atoms with Crippen molar-refractivity contribution in [2.24, 2.45) is 11.1 Å². The molecular weight excluding hydrogens is 269 g/mol. The molecule has 2 rings (SSSR count). The molecule has 0 saturated heterocycles. The smallest absolute Gasteiger partial charge is 0.139 e. The number of rotatable bonds is 4. The fraction of sp³-hybridized carbons (Fsp3) is 0.571. The van der Waals surface area contributed by atoms with E-state index >= 15 is 0 Å². The fourth-order valence-electron chi connectivity index (χ4n) is 2.89. The second-order valence-corrected chi connectivity index (χ2v) is 5.81. The van der Waals surface area contributed by atoms with Crippen LogP contribution in [-0.4, -0.2) is 12.1 Å². The summed E-state index contributed by atoms with van der Waals surface area (Å²) in [5.41, 5.74) is 6.23. The predicted octanol–water partition coefficient (Wildman–Crippen LogP) is 4.28. The van der Waals surface area contributed by atoms with Gasteiger partial charge in [0.2, 0.25) is 0 Å². The third-order valence-electron chi connectivity index (χ3n) is 4.33. The Bertz CT molecular complexity index is 432. The minimum Gasteiger partial charge on any atom is -0.488 e. The molecule has 1 aromatic carbocycles. The number of nitrogens with two attached hydrogens (primary N) is 1. The van der Waals surface area contributed by atoms with Gasteiger partial charge in [-0.25, -0.2) is 0 Å². The van der Waals surface area contributed by atoms with E-state index in [0.717, 1.165) is 19.3 Å². The van der Waals surface area contributed by atoms with Gasteiger partial charge >= 0.3 is 0 Å². The van der Waals surface area contributed by atoms with Crippen LogP contribution in [0.2, 0.25) is 10.0 Å². The first kappa shape index (κ1) is 14.0. The fourth-order valence-corrected chi connectivity index (χ4v) is 3.22. The lowest BCUT2D eigenvalue weighted by atomic mass is 9.59. The van der Waals surface area contributed by atoms with Crippen LogP contribution < -0.4 is 10.5 Å². The minimum atomic E-state index is 0.0750. The van der Waals surface area contributed by atoms with Gasteiger partial charge in [-0.15, -0.1) is 0 Å². The molecule has 0 spiro atoms. The molecule has 0 amide bonds. The van der Waals surface area contributed by atoms with E-state index in [1.54, 1.807) is 18.2 Å². The van der Waals surface area contributed by atoms with Gasteiger partial charge in [-0.3, -0.25) is 0 Å². The van der Waals surface area contributed by atoms with E-state index in [1.807, 2.05) is 0 Å². The molecule has 2 atom stereocenters. The highest BCUT2D eigenvalue weighted by atomic mass is 35.5. The molecular formula is C14H19Cl2NO. The first-order chi connectivity index (χ1) is 8.53. The van der Waals surface area contributed by atoms with Crippen molar-refractivity contribution < 1.29 is 4.74 Å². The molecule has 4 heteroatoms. The summed E-state index contributed by atoms with van der Waals surface area (Å²) in [6, 6.07) is 5.51. The molecule has 2 unspecified atom stereocenters. The lowest BCUT2D eigenvalue weighted by molar-refractivity contribution is -0.0721. The Morgan fingerprint density at radius 1 is 1.33 bits per heavy atom. The van der Waals surface area contributed by atoms with Crippen molar-refractivity contribution in [1.29, 1.82) is 0 Å². The second-order valence-electron chi connectivity index (χ2n) is 4.96. The van der Waals surface area contributed by atoms with Crippen LogP contribution in [0, 0.1) is 5.41 Å². The van der Waals surface area contributed by atoms with Crippen LogP contribution in [0.5, 0.6) is 5.75 Å². The summed E-state index contributed by atoms with van der Waals surface area (Å²) >= 11 is 12.1. The van der Waals surface area contributed by atoms with E-state index in [2.05, 4.69) is 13.8 Å². The van der Waals surface area contributed by atoms with Gasteiger partial charge < -0.3 is 10.5 Å². The molecule has 0 radical (unpaired) electrons. The summed E-state index contributed by atoms with van der Waals surface area (Å²) in [5, 5.41) is 1.23. The third kappa shape index (κ3) is 2.22. The van der Waals surface area contributed by atoms with Crippen LogP contribution in [0.1, 0.15) is 33.1 Å². The summed E-state index contributed by atoms with van der Waals surface area (Å²) in [6.07, 6.45) is 3.06. The molecule has 1 aliphatic rings. The van der Waals surface area contributed by atoms with Crippen molar-refractivity contribution in [2.45, 2.75) is 45.3 Å². The topological polar surface area (TPSA) is 35.2 Å². The summed E-state index contributed by atoms with van der Waals surface area (Å²) in [6.45, 7) is 4.33. The molecule has 2 N–H and O–H groups in total. The van der Waals surface area contributed by atoms with E-state index in [4.69, 9.17) is 33.7 Å². The van der Waals surface area contributed by atoms with Gasteiger partial charge in [0.05, 0.1) is 5.02 Å². The molecule has 0 bridgehead atoms. The van der Waals surface area contributed by atoms with Gasteiger partial charge in [0, 0.05) is 29.0 Å². The highest BCUT2D eigenvalue weighted by molar-refractivity contribution is 6.34. The molecule has 1 saturated carbocycles. The van der Waals surface area contributed by atoms with E-state index in [0.29, 0.717) is 15.8 Å². The predicted molar refractivity (Wildman–Crippen MR) is 76.5 cm³/mol. The molecule has 1 aliphatic carbocycles. The molecule has 0 aromatic heterocycles. The highest BCUT2D eigenvalue weighted by Crippen LogP contribution is 2.48. The minimum absolute atomic E-state index is 0.0750. The zero-order valence-electron chi connectivity index (χ0n) is 10.7. The van der Waals surface area contributed by atoms with Crippen LogP contribution in [0.25, 0.3) is 0 Å². The lowest BCUT2D eigenvalue weighted by Crippen LogP contribution is -2.62.